The molecule has 0 aliphatic heterocycles. The Morgan fingerprint density at radius 2 is 1.82 bits per heavy atom. The van der Waals surface area contributed by atoms with Gasteiger partial charge in [0.2, 0.25) is 5.91 Å². The zero-order valence-corrected chi connectivity index (χ0v) is 21.9. The summed E-state index contributed by atoms with van der Waals surface area (Å²) in [5.41, 5.74) is 1.94. The molecule has 0 unspecified atom stereocenters. The molecule has 0 aromatic carbocycles. The fourth-order valence-corrected chi connectivity index (χ4v) is 5.26. The van der Waals surface area contributed by atoms with Crippen LogP contribution in [0.5, 0.6) is 0 Å². The van der Waals surface area contributed by atoms with Crippen LogP contribution in [0.4, 0.5) is 36.4 Å². The van der Waals surface area contributed by atoms with Crippen LogP contribution in [0.2, 0.25) is 5.02 Å². The molecule has 0 aliphatic rings. The average molecular weight is 612 g/mol. The third kappa shape index (κ3) is 5.34. The molecule has 3 N–H and O–H groups in total. The number of aryl methyl sites for hydroxylation is 2. The highest BCUT2D eigenvalue weighted by Crippen LogP contribution is 2.44. The summed E-state index contributed by atoms with van der Waals surface area (Å²) in [4.78, 5) is 28.1. The summed E-state index contributed by atoms with van der Waals surface area (Å²) in [5.74, 6) is -2.27. The number of amides is 2. The van der Waals surface area contributed by atoms with Crippen molar-refractivity contribution in [1.29, 1.82) is 0 Å². The van der Waals surface area contributed by atoms with Gasteiger partial charge in [-0.25, -0.2) is 22.5 Å². The number of nitrogens with two attached hydrogens (primary N) is 1. The van der Waals surface area contributed by atoms with Crippen molar-refractivity contribution in [2.45, 2.75) is 46.0 Å². The fourth-order valence-electron chi connectivity index (χ4n) is 3.95. The minimum absolute atomic E-state index is 0.0936. The quantitative estimate of drug-likeness (QED) is 0.238. The predicted octanol–water partition coefficient (Wildman–Crippen LogP) is 5.97. The van der Waals surface area contributed by atoms with Crippen LogP contribution in [-0.4, -0.2) is 36.4 Å². The Bertz CT molecular complexity index is 1630. The molecule has 40 heavy (non-hydrogen) atoms. The highest BCUT2D eigenvalue weighted by Gasteiger charge is 2.36. The topological polar surface area (TPSA) is 121 Å². The van der Waals surface area contributed by atoms with E-state index in [1.165, 1.54) is 17.8 Å². The zero-order chi connectivity index (χ0) is 29.7. The number of hydrogen-bond donors (Lipinski definition) is 2. The van der Waals surface area contributed by atoms with Crippen molar-refractivity contribution in [2.24, 2.45) is 5.73 Å². The van der Waals surface area contributed by atoms with Crippen molar-refractivity contribution >= 4 is 50.7 Å². The molecule has 2 amide bonds. The molecule has 0 saturated heterocycles. The fraction of sp³-hybridized carbons (Fsp3) is 0.318. The van der Waals surface area contributed by atoms with E-state index in [1.807, 2.05) is 0 Å². The Kier molecular flexibility index (Phi) is 7.81. The van der Waals surface area contributed by atoms with Crippen LogP contribution in [-0.2, 0) is 24.1 Å². The lowest BCUT2D eigenvalue weighted by Gasteiger charge is -2.12. The second-order valence-corrected chi connectivity index (χ2v) is 9.66. The van der Waals surface area contributed by atoms with Gasteiger partial charge >= 0.3 is 6.18 Å². The van der Waals surface area contributed by atoms with E-state index in [0.29, 0.717) is 23.6 Å². The number of halogens is 8. The largest absolute Gasteiger partial charge is 0.433 e. The van der Waals surface area contributed by atoms with Gasteiger partial charge in [-0.05, 0) is 25.5 Å². The first-order valence-electron chi connectivity index (χ1n) is 11.1. The van der Waals surface area contributed by atoms with Crippen molar-refractivity contribution in [1.82, 2.24) is 24.5 Å². The molecule has 4 rings (SSSR count). The molecule has 0 aliphatic carbocycles. The van der Waals surface area contributed by atoms with E-state index in [1.54, 1.807) is 6.92 Å². The van der Waals surface area contributed by atoms with E-state index < -0.39 is 64.4 Å². The summed E-state index contributed by atoms with van der Waals surface area (Å²) in [7, 11) is 0. The molecule has 0 spiro atoms. The SMILES string of the molecule is CCn1cc(-c2cc(C(F)(F)F)nc3sc(C(N)=O)c(NC(=O)Cn4nc(C(F)F)c(Cl)c4C(F)F)c23)c(C)n1. The van der Waals surface area contributed by atoms with Crippen LogP contribution in [0, 0.1) is 6.92 Å². The second-order valence-electron chi connectivity index (χ2n) is 8.28. The van der Waals surface area contributed by atoms with Gasteiger partial charge in [-0.3, -0.25) is 19.0 Å². The summed E-state index contributed by atoms with van der Waals surface area (Å²) in [6.07, 6.45) is -10.1. The summed E-state index contributed by atoms with van der Waals surface area (Å²) >= 11 is 6.08. The number of nitrogens with one attached hydrogen (secondary N) is 1. The van der Waals surface area contributed by atoms with E-state index >= 15 is 0 Å². The molecule has 0 saturated carbocycles. The Morgan fingerprint density at radius 3 is 2.35 bits per heavy atom. The standard InChI is InChI=1S/C22H17ClF7N7O2S/c1-3-36-5-9(7(2)34-36)8-4-10(22(28,29)30)32-21-12(8)14(17(40-21)20(31)39)33-11(38)6-37-16(19(26)27)13(23)15(35-37)18(24)25/h4-5,18-19H,3,6H2,1-2H3,(H2,31,39)(H,33,38). The van der Waals surface area contributed by atoms with Gasteiger partial charge in [0.25, 0.3) is 18.8 Å². The second kappa shape index (κ2) is 10.7. The number of pyridine rings is 1. The number of thiophene rings is 1. The third-order valence-corrected chi connectivity index (χ3v) is 7.15. The molecule has 0 bridgehead atoms. The van der Waals surface area contributed by atoms with E-state index in [4.69, 9.17) is 17.3 Å². The number of carbonyl (C=O) groups excluding carboxylic acids is 2. The molecule has 4 aromatic heterocycles. The monoisotopic (exact) mass is 611 g/mol. The van der Waals surface area contributed by atoms with Crippen LogP contribution >= 0.6 is 22.9 Å². The molecular weight excluding hydrogens is 595 g/mol. The molecule has 214 valence electrons. The third-order valence-electron chi connectivity index (χ3n) is 5.66. The maximum Gasteiger partial charge on any atom is 0.433 e. The Balaban J connectivity index is 1.89. The van der Waals surface area contributed by atoms with Crippen molar-refractivity contribution < 1.29 is 40.3 Å². The number of aromatic nitrogens is 5. The molecule has 4 heterocycles. The lowest BCUT2D eigenvalue weighted by atomic mass is 10.0. The number of rotatable bonds is 8. The van der Waals surface area contributed by atoms with Crippen LogP contribution < -0.4 is 11.1 Å². The molecular formula is C22H17ClF7N7O2S. The number of hydrogen-bond acceptors (Lipinski definition) is 6. The highest BCUT2D eigenvalue weighted by molar-refractivity contribution is 7.21. The van der Waals surface area contributed by atoms with Crippen LogP contribution in [0.15, 0.2) is 12.3 Å². The van der Waals surface area contributed by atoms with E-state index in [0.717, 1.165) is 6.07 Å². The summed E-state index contributed by atoms with van der Waals surface area (Å²) < 4.78 is 96.3. The van der Waals surface area contributed by atoms with Gasteiger partial charge in [0, 0.05) is 23.7 Å². The van der Waals surface area contributed by atoms with Crippen molar-refractivity contribution in [3.8, 4) is 11.1 Å². The Labute approximate surface area is 228 Å². The molecule has 0 radical (unpaired) electrons. The van der Waals surface area contributed by atoms with Crippen molar-refractivity contribution in [3.05, 3.63) is 44.9 Å². The molecule has 9 nitrogen and oxygen atoms in total. The van der Waals surface area contributed by atoms with E-state index in [2.05, 4.69) is 20.5 Å². The van der Waals surface area contributed by atoms with Crippen LogP contribution in [0.25, 0.3) is 21.3 Å². The number of anilines is 1. The first-order valence-corrected chi connectivity index (χ1v) is 12.3. The van der Waals surface area contributed by atoms with Crippen molar-refractivity contribution in [2.75, 3.05) is 5.32 Å². The Morgan fingerprint density at radius 1 is 1.15 bits per heavy atom. The molecule has 0 atom stereocenters. The molecule has 0 fully saturated rings. The summed E-state index contributed by atoms with van der Waals surface area (Å²) in [6, 6.07) is 0.719. The average Bonchev–Trinajstić information content (AvgIpc) is 3.50. The number of fused-ring (bicyclic) bond motifs is 1. The highest BCUT2D eigenvalue weighted by atomic mass is 35.5. The van der Waals surface area contributed by atoms with E-state index in [9.17, 15) is 40.3 Å². The van der Waals surface area contributed by atoms with Crippen LogP contribution in [0.3, 0.4) is 0 Å². The lowest BCUT2D eigenvalue weighted by Crippen LogP contribution is -2.23. The zero-order valence-electron chi connectivity index (χ0n) is 20.3. The van der Waals surface area contributed by atoms with Gasteiger partial charge in [-0.15, -0.1) is 11.3 Å². The van der Waals surface area contributed by atoms with Crippen LogP contribution in [0.1, 0.15) is 52.2 Å². The minimum Gasteiger partial charge on any atom is -0.365 e. The minimum atomic E-state index is -4.88. The van der Waals surface area contributed by atoms with Gasteiger partial charge in [0.15, 0.2) is 0 Å². The molecule has 18 heteroatoms. The smallest absolute Gasteiger partial charge is 0.365 e. The van der Waals surface area contributed by atoms with Crippen molar-refractivity contribution in [3.63, 3.8) is 0 Å². The predicted molar refractivity (Wildman–Crippen MR) is 131 cm³/mol. The number of alkyl halides is 7. The number of primary amides is 1. The van der Waals surface area contributed by atoms with Gasteiger partial charge in [0.05, 0.1) is 16.4 Å². The van der Waals surface area contributed by atoms with Gasteiger partial charge in [-0.2, -0.15) is 23.4 Å². The first kappa shape index (κ1) is 29.3. The maximum absolute atomic E-state index is 13.7. The van der Waals surface area contributed by atoms with Gasteiger partial charge in [0.1, 0.15) is 33.3 Å². The summed E-state index contributed by atoms with van der Waals surface area (Å²) in [6.45, 7) is 2.60. The molecule has 4 aromatic rings. The first-order chi connectivity index (χ1) is 18.6. The van der Waals surface area contributed by atoms with E-state index in [-0.39, 0.29) is 31.7 Å². The number of carbonyl (C=O) groups is 2. The number of nitrogens with zero attached hydrogens (tertiary/aromatic N) is 5. The summed E-state index contributed by atoms with van der Waals surface area (Å²) in [5, 5.41) is 8.69. The van der Waals surface area contributed by atoms with Gasteiger partial charge in [-0.1, -0.05) is 11.6 Å². The Hall–Kier alpha value is -3.73. The maximum atomic E-state index is 13.7. The lowest BCUT2D eigenvalue weighted by molar-refractivity contribution is -0.140. The van der Waals surface area contributed by atoms with Gasteiger partial charge < -0.3 is 11.1 Å². The normalized spacial score (nSPS) is 12.2.